The maximum Gasteiger partial charge on any atom is 0.0991 e. The fourth-order valence-electron chi connectivity index (χ4n) is 10.8. The third-order valence-corrected chi connectivity index (χ3v) is 16.7. The van der Waals surface area contributed by atoms with Crippen molar-refractivity contribution in [2.24, 2.45) is 0 Å². The molecule has 0 aliphatic carbocycles. The van der Waals surface area contributed by atoms with Crippen LogP contribution in [-0.4, -0.2) is 64.1 Å². The molecule has 6 aromatic heterocycles. The maximum atomic E-state index is 4.71. The quantitative estimate of drug-likeness (QED) is 0.167. The van der Waals surface area contributed by atoms with E-state index in [2.05, 4.69) is 327 Å². The van der Waals surface area contributed by atoms with Gasteiger partial charge in [-0.2, -0.15) is 25.2 Å². The number of aromatic nitrogens is 13. The molecule has 10 aromatic rings. The Kier molecular flexibility index (Phi) is 23.0. The van der Waals surface area contributed by atoms with Crippen molar-refractivity contribution in [2.75, 3.05) is 0 Å². The van der Waals surface area contributed by atoms with Gasteiger partial charge in [0.2, 0.25) is 0 Å². The standard InChI is InChI=1S/2C17H24N2.3C16H23N3/c1-16(2,3)13-8-9-14(17(4,5)6)15(12-13)19-11-7-10-18-19;1-16(2,3)13-7-8-14(17(4,5)6)15(11-13)19-10-9-18-12-19;1-15(2,3)12-7-8-13(16(4,5)6)14(11-12)19-10-9-17-18-19;1-15(2,3)12-7-8-13(16(4,5)6)14(11-12)19-17-9-10-18-19;1-15(2,3)12-10-13(19-9-7-8-18-19)14(17-11-12)16(4,5)6/h2*7-12H,1-6H3;3*7-11H,1-6H3. The molecule has 13 heteroatoms. The summed E-state index contributed by atoms with van der Waals surface area (Å²) < 4.78 is 7.84. The van der Waals surface area contributed by atoms with Crippen LogP contribution < -0.4 is 0 Å². The highest BCUT2D eigenvalue weighted by molar-refractivity contribution is 5.52. The van der Waals surface area contributed by atoms with Crippen LogP contribution >= 0.6 is 0 Å². The molecule has 0 spiro atoms. The summed E-state index contributed by atoms with van der Waals surface area (Å²) in [6, 6.07) is 33.0. The van der Waals surface area contributed by atoms with Crippen molar-refractivity contribution < 1.29 is 0 Å². The number of hydrogen-bond donors (Lipinski definition) is 0. The van der Waals surface area contributed by atoms with Gasteiger partial charge in [-0.25, -0.2) is 19.0 Å². The second-order valence-electron chi connectivity index (χ2n) is 35.6. The molecule has 0 fully saturated rings. The third-order valence-electron chi connectivity index (χ3n) is 16.7. The van der Waals surface area contributed by atoms with Crippen molar-refractivity contribution >= 4 is 0 Å². The van der Waals surface area contributed by atoms with Gasteiger partial charge in [-0.3, -0.25) is 4.98 Å². The van der Waals surface area contributed by atoms with Gasteiger partial charge in [0.05, 0.1) is 65.2 Å². The molecule has 6 heterocycles. The van der Waals surface area contributed by atoms with Gasteiger partial charge >= 0.3 is 0 Å². The van der Waals surface area contributed by atoms with E-state index in [-0.39, 0.29) is 54.1 Å². The number of hydrogen-bond acceptors (Lipinski definition) is 8. The van der Waals surface area contributed by atoms with E-state index >= 15 is 0 Å². The van der Waals surface area contributed by atoms with Crippen molar-refractivity contribution in [1.29, 1.82) is 0 Å². The number of rotatable bonds is 5. The van der Waals surface area contributed by atoms with E-state index in [1.807, 2.05) is 75.9 Å². The molecule has 13 nitrogen and oxygen atoms in total. The van der Waals surface area contributed by atoms with E-state index in [4.69, 9.17) is 4.98 Å². The average molecular weight is 1280 g/mol. The fraction of sp³-hybridized carbons (Fsp3) is 0.488. The summed E-state index contributed by atoms with van der Waals surface area (Å²) >= 11 is 0. The first-order valence-electron chi connectivity index (χ1n) is 33.8. The van der Waals surface area contributed by atoms with Crippen LogP contribution in [0.4, 0.5) is 0 Å². The van der Waals surface area contributed by atoms with Crippen molar-refractivity contribution in [3.8, 4) is 28.4 Å². The SMILES string of the molecule is CC(C)(C)c1ccc(C(C)(C)C)c(-n2cccn2)c1.CC(C)(C)c1ccc(C(C)(C)C)c(-n2ccnc2)c1.CC(C)(C)c1ccc(C(C)(C)C)c(-n2ccnn2)c1.CC(C)(C)c1ccc(C(C)(C)C)c(-n2nccn2)c1.CC(C)(C)c1cnc(C(C)(C)C)c(-n2cccn2)c1. The van der Waals surface area contributed by atoms with E-state index in [9.17, 15) is 0 Å². The molecular formula is C82H117N13. The summed E-state index contributed by atoms with van der Waals surface area (Å²) in [6.45, 7) is 66.7. The monoisotopic (exact) mass is 1280 g/mol. The summed E-state index contributed by atoms with van der Waals surface area (Å²) in [6.07, 6.45) is 22.4. The molecule has 10 rings (SSSR count). The van der Waals surface area contributed by atoms with Gasteiger partial charge < -0.3 is 4.57 Å². The van der Waals surface area contributed by atoms with Crippen LogP contribution in [-0.2, 0) is 54.1 Å². The van der Waals surface area contributed by atoms with E-state index in [0.29, 0.717) is 0 Å². The Balaban J connectivity index is 0.000000188. The minimum absolute atomic E-state index is 0.00228. The smallest absolute Gasteiger partial charge is 0.0991 e. The zero-order valence-electron chi connectivity index (χ0n) is 63.9. The third kappa shape index (κ3) is 20.5. The Hall–Kier alpha value is -8.06. The predicted octanol–water partition coefficient (Wildman–Crippen LogP) is 20.5. The molecular weight excluding hydrogens is 1170 g/mol. The predicted molar refractivity (Wildman–Crippen MR) is 398 cm³/mol. The molecule has 0 amide bonds. The molecule has 0 unspecified atom stereocenters. The highest BCUT2D eigenvalue weighted by atomic mass is 15.5. The van der Waals surface area contributed by atoms with Gasteiger partial charge in [0, 0.05) is 48.8 Å². The summed E-state index contributed by atoms with van der Waals surface area (Å²) in [7, 11) is 0. The Labute approximate surface area is 572 Å². The van der Waals surface area contributed by atoms with Gasteiger partial charge in [-0.15, -0.1) is 5.10 Å². The Morgan fingerprint density at radius 1 is 0.284 bits per heavy atom. The molecule has 0 saturated carbocycles. The van der Waals surface area contributed by atoms with E-state index < -0.39 is 0 Å². The first kappa shape index (κ1) is 76.0. The van der Waals surface area contributed by atoms with Gasteiger partial charge in [0.15, 0.2) is 0 Å². The topological polar surface area (TPSA) is 128 Å². The molecule has 95 heavy (non-hydrogen) atoms. The fourth-order valence-corrected chi connectivity index (χ4v) is 10.8. The van der Waals surface area contributed by atoms with Crippen LogP contribution in [0.1, 0.15) is 263 Å². The molecule has 510 valence electrons. The van der Waals surface area contributed by atoms with Crippen LogP contribution in [0.3, 0.4) is 0 Å². The molecule has 0 radical (unpaired) electrons. The Morgan fingerprint density at radius 2 is 0.642 bits per heavy atom. The molecule has 0 saturated heterocycles. The lowest BCUT2D eigenvalue weighted by Gasteiger charge is -2.27. The van der Waals surface area contributed by atoms with Crippen molar-refractivity contribution in [3.63, 3.8) is 0 Å². The van der Waals surface area contributed by atoms with E-state index in [1.54, 1.807) is 29.6 Å². The van der Waals surface area contributed by atoms with Crippen LogP contribution in [0.15, 0.2) is 165 Å². The van der Waals surface area contributed by atoms with Crippen LogP contribution in [0, 0.1) is 0 Å². The molecule has 0 aliphatic rings. The van der Waals surface area contributed by atoms with Gasteiger partial charge in [-0.05, 0) is 141 Å². The second kappa shape index (κ2) is 28.7. The highest BCUT2D eigenvalue weighted by Gasteiger charge is 2.28. The van der Waals surface area contributed by atoms with Crippen molar-refractivity contribution in [1.82, 2.24) is 64.1 Å². The molecule has 0 bridgehead atoms. The average Bonchev–Trinajstić information content (AvgIpc) is 1.72. The van der Waals surface area contributed by atoms with Gasteiger partial charge in [0.25, 0.3) is 0 Å². The van der Waals surface area contributed by atoms with E-state index in [1.165, 1.54) is 61.4 Å². The number of nitrogens with zero attached hydrogens (tertiary/aromatic N) is 13. The first-order chi connectivity index (χ1) is 43.5. The van der Waals surface area contributed by atoms with Crippen LogP contribution in [0.25, 0.3) is 28.4 Å². The lowest BCUT2D eigenvalue weighted by molar-refractivity contribution is 0.549. The summed E-state index contributed by atoms with van der Waals surface area (Å²) in [5, 5.41) is 25.4. The maximum absolute atomic E-state index is 4.71. The molecule has 0 N–H and O–H groups in total. The molecule has 4 aromatic carbocycles. The van der Waals surface area contributed by atoms with Crippen molar-refractivity contribution in [2.45, 2.75) is 262 Å². The van der Waals surface area contributed by atoms with Crippen LogP contribution in [0.2, 0.25) is 0 Å². The summed E-state index contributed by atoms with van der Waals surface area (Å²) in [4.78, 5) is 10.6. The number of benzene rings is 4. The van der Waals surface area contributed by atoms with Crippen LogP contribution in [0.5, 0.6) is 0 Å². The first-order valence-corrected chi connectivity index (χ1v) is 33.8. The van der Waals surface area contributed by atoms with Gasteiger partial charge in [0.1, 0.15) is 0 Å². The molecule has 0 atom stereocenters. The zero-order valence-corrected chi connectivity index (χ0v) is 63.9. The minimum atomic E-state index is -0.00228. The summed E-state index contributed by atoms with van der Waals surface area (Å²) in [5.74, 6) is 0. The Bertz CT molecular complexity index is 3380. The van der Waals surface area contributed by atoms with E-state index in [0.717, 1.165) is 22.8 Å². The lowest BCUT2D eigenvalue weighted by atomic mass is 9.81. The normalized spacial score (nSPS) is 12.7. The number of pyridine rings is 1. The number of imidazole rings is 1. The minimum Gasteiger partial charge on any atom is -0.306 e. The lowest BCUT2D eigenvalue weighted by Crippen LogP contribution is -2.20. The molecule has 0 aliphatic heterocycles. The Morgan fingerprint density at radius 3 is 0.979 bits per heavy atom. The highest BCUT2D eigenvalue weighted by Crippen LogP contribution is 2.38. The van der Waals surface area contributed by atoms with Crippen molar-refractivity contribution in [3.05, 3.63) is 221 Å². The summed E-state index contributed by atoms with van der Waals surface area (Å²) in [5.41, 5.74) is 19.5. The second-order valence-corrected chi connectivity index (χ2v) is 35.6. The van der Waals surface area contributed by atoms with Gasteiger partial charge in [-0.1, -0.05) is 261 Å². The largest absolute Gasteiger partial charge is 0.306 e. The zero-order chi connectivity index (χ0) is 71.3.